The molecule has 1 aromatic heterocycles. The van der Waals surface area contributed by atoms with Crippen molar-refractivity contribution < 1.29 is 14.7 Å². The van der Waals surface area contributed by atoms with E-state index in [1.54, 1.807) is 6.92 Å². The van der Waals surface area contributed by atoms with Gasteiger partial charge in [0.2, 0.25) is 0 Å². The first-order valence-electron chi connectivity index (χ1n) is 10.2. The fraction of sp³-hybridized carbons (Fsp3) is 0.280. The van der Waals surface area contributed by atoms with Crippen LogP contribution in [0.4, 0.5) is 0 Å². The maximum Gasteiger partial charge on any atom is 0.185 e. The number of Topliss-reactive ketones (excluding diaryl/α,β-unsaturated/α-hetero) is 1. The van der Waals surface area contributed by atoms with Gasteiger partial charge >= 0.3 is 0 Å². The molecule has 2 aromatic carbocycles. The number of hydrogen-bond acceptors (Lipinski definition) is 5. The zero-order valence-corrected chi connectivity index (χ0v) is 17.2. The molecule has 1 heterocycles. The third-order valence-electron chi connectivity index (χ3n) is 5.02. The SMILES string of the molecule is Cc1nc(Cc2ccc(CCc3ccccc3)cc2)nc(C(=O)CCCC=O)c1O. The molecule has 0 spiro atoms. The molecule has 5 nitrogen and oxygen atoms in total. The minimum Gasteiger partial charge on any atom is -0.504 e. The Balaban J connectivity index is 1.66. The van der Waals surface area contributed by atoms with Gasteiger partial charge in [-0.2, -0.15) is 0 Å². The second kappa shape index (κ2) is 10.4. The molecule has 0 bridgehead atoms. The molecule has 3 rings (SSSR count). The molecule has 0 amide bonds. The second-order valence-corrected chi connectivity index (χ2v) is 7.38. The van der Waals surface area contributed by atoms with Gasteiger partial charge in [0.05, 0.1) is 5.69 Å². The Kier molecular flexibility index (Phi) is 7.44. The van der Waals surface area contributed by atoms with Crippen LogP contribution in [0.1, 0.15) is 58.0 Å². The summed E-state index contributed by atoms with van der Waals surface area (Å²) in [5.74, 6) is 0.0598. The lowest BCUT2D eigenvalue weighted by Crippen LogP contribution is -2.09. The minimum absolute atomic E-state index is 0.0443. The van der Waals surface area contributed by atoms with Crippen molar-refractivity contribution in [2.75, 3.05) is 0 Å². The molecule has 0 aliphatic carbocycles. The normalized spacial score (nSPS) is 10.7. The van der Waals surface area contributed by atoms with Crippen LogP contribution in [0.3, 0.4) is 0 Å². The largest absolute Gasteiger partial charge is 0.504 e. The average Bonchev–Trinajstić information content (AvgIpc) is 2.76. The van der Waals surface area contributed by atoms with Gasteiger partial charge in [0, 0.05) is 19.3 Å². The first-order valence-corrected chi connectivity index (χ1v) is 10.2. The molecule has 0 unspecified atom stereocenters. The van der Waals surface area contributed by atoms with Gasteiger partial charge in [0.25, 0.3) is 0 Å². The van der Waals surface area contributed by atoms with E-state index in [0.717, 1.165) is 24.7 Å². The Hall–Kier alpha value is -3.34. The van der Waals surface area contributed by atoms with Crippen LogP contribution in [0.25, 0.3) is 0 Å². The molecule has 0 fully saturated rings. The number of aromatic nitrogens is 2. The van der Waals surface area contributed by atoms with Gasteiger partial charge in [0.1, 0.15) is 12.1 Å². The van der Waals surface area contributed by atoms with Crippen LogP contribution in [0.5, 0.6) is 5.75 Å². The van der Waals surface area contributed by atoms with Crippen LogP contribution < -0.4 is 0 Å². The number of rotatable bonds is 10. The van der Waals surface area contributed by atoms with Crippen molar-refractivity contribution in [1.29, 1.82) is 0 Å². The van der Waals surface area contributed by atoms with Gasteiger partial charge in [-0.1, -0.05) is 54.6 Å². The summed E-state index contributed by atoms with van der Waals surface area (Å²) < 4.78 is 0. The van der Waals surface area contributed by atoms with E-state index in [2.05, 4.69) is 58.5 Å². The lowest BCUT2D eigenvalue weighted by atomic mass is 10.0. The lowest BCUT2D eigenvalue weighted by Gasteiger charge is -2.09. The van der Waals surface area contributed by atoms with E-state index in [-0.39, 0.29) is 23.6 Å². The number of carbonyl (C=O) groups excluding carboxylic acids is 2. The summed E-state index contributed by atoms with van der Waals surface area (Å²) in [7, 11) is 0. The maximum absolute atomic E-state index is 12.4. The summed E-state index contributed by atoms with van der Waals surface area (Å²) >= 11 is 0. The van der Waals surface area contributed by atoms with Crippen LogP contribution in [0.15, 0.2) is 54.6 Å². The Morgan fingerprint density at radius 2 is 1.57 bits per heavy atom. The van der Waals surface area contributed by atoms with Crippen molar-refractivity contribution in [3.63, 3.8) is 0 Å². The predicted molar refractivity (Wildman–Crippen MR) is 116 cm³/mol. The average molecular weight is 402 g/mol. The second-order valence-electron chi connectivity index (χ2n) is 7.38. The van der Waals surface area contributed by atoms with E-state index in [0.29, 0.717) is 30.8 Å². The lowest BCUT2D eigenvalue weighted by molar-refractivity contribution is -0.107. The Labute approximate surface area is 176 Å². The number of aryl methyl sites for hydroxylation is 3. The van der Waals surface area contributed by atoms with E-state index in [1.807, 2.05) is 6.07 Å². The summed E-state index contributed by atoms with van der Waals surface area (Å²) in [6.07, 6.45) is 4.18. The van der Waals surface area contributed by atoms with Crippen molar-refractivity contribution >= 4 is 12.1 Å². The number of ketones is 1. The first kappa shape index (κ1) is 21.4. The number of benzene rings is 2. The number of carbonyl (C=O) groups is 2. The zero-order chi connectivity index (χ0) is 21.3. The molecule has 0 atom stereocenters. The number of unbranched alkanes of at least 4 members (excludes halogenated alkanes) is 1. The van der Waals surface area contributed by atoms with E-state index in [9.17, 15) is 14.7 Å². The highest BCUT2D eigenvalue weighted by Crippen LogP contribution is 2.22. The predicted octanol–water partition coefficient (Wildman–Crippen LogP) is 4.42. The third kappa shape index (κ3) is 5.83. The monoisotopic (exact) mass is 402 g/mol. The van der Waals surface area contributed by atoms with E-state index >= 15 is 0 Å². The standard InChI is InChI=1S/C25H26N2O3/c1-18-25(30)24(22(29)9-5-6-16-28)27-23(26-18)17-21-14-12-20(13-15-21)11-10-19-7-3-2-4-8-19/h2-4,7-8,12-16,30H,5-6,9-11,17H2,1H3. The van der Waals surface area contributed by atoms with E-state index < -0.39 is 0 Å². The number of aldehydes is 1. The van der Waals surface area contributed by atoms with Crippen molar-refractivity contribution in [1.82, 2.24) is 9.97 Å². The molecule has 154 valence electrons. The Morgan fingerprint density at radius 1 is 0.933 bits per heavy atom. The zero-order valence-electron chi connectivity index (χ0n) is 17.2. The molecule has 0 aliphatic rings. The summed E-state index contributed by atoms with van der Waals surface area (Å²) in [5, 5.41) is 10.2. The highest BCUT2D eigenvalue weighted by Gasteiger charge is 2.17. The third-order valence-corrected chi connectivity index (χ3v) is 5.02. The van der Waals surface area contributed by atoms with Crippen LogP contribution in [-0.4, -0.2) is 27.1 Å². The van der Waals surface area contributed by atoms with E-state index in [1.165, 1.54) is 11.1 Å². The van der Waals surface area contributed by atoms with Gasteiger partial charge < -0.3 is 9.90 Å². The van der Waals surface area contributed by atoms with Crippen molar-refractivity contribution in [3.8, 4) is 5.75 Å². The molecule has 0 radical (unpaired) electrons. The van der Waals surface area contributed by atoms with Crippen molar-refractivity contribution in [3.05, 3.63) is 88.5 Å². The Bertz CT molecular complexity index is 999. The van der Waals surface area contributed by atoms with Crippen molar-refractivity contribution in [2.45, 2.75) is 45.4 Å². The van der Waals surface area contributed by atoms with Gasteiger partial charge in [-0.3, -0.25) is 4.79 Å². The van der Waals surface area contributed by atoms with Crippen LogP contribution in [-0.2, 0) is 24.1 Å². The number of aromatic hydroxyl groups is 1. The maximum atomic E-state index is 12.4. The number of nitrogens with zero attached hydrogens (tertiary/aromatic N) is 2. The van der Waals surface area contributed by atoms with Crippen LogP contribution in [0, 0.1) is 6.92 Å². The summed E-state index contributed by atoms with van der Waals surface area (Å²) in [4.78, 5) is 31.5. The summed E-state index contributed by atoms with van der Waals surface area (Å²) in [6.45, 7) is 1.66. The van der Waals surface area contributed by atoms with Gasteiger partial charge in [-0.15, -0.1) is 0 Å². The molecule has 1 N–H and O–H groups in total. The molecule has 3 aromatic rings. The quantitative estimate of drug-likeness (QED) is 0.308. The van der Waals surface area contributed by atoms with E-state index in [4.69, 9.17) is 0 Å². The molecule has 0 saturated heterocycles. The Morgan fingerprint density at radius 3 is 2.23 bits per heavy atom. The molecule has 30 heavy (non-hydrogen) atoms. The highest BCUT2D eigenvalue weighted by molar-refractivity contribution is 5.96. The summed E-state index contributed by atoms with van der Waals surface area (Å²) in [6, 6.07) is 18.7. The molecule has 0 saturated carbocycles. The highest BCUT2D eigenvalue weighted by atomic mass is 16.3. The fourth-order valence-electron chi connectivity index (χ4n) is 3.30. The fourth-order valence-corrected chi connectivity index (χ4v) is 3.30. The van der Waals surface area contributed by atoms with Gasteiger partial charge in [-0.25, -0.2) is 9.97 Å². The van der Waals surface area contributed by atoms with Gasteiger partial charge in [0.15, 0.2) is 17.2 Å². The first-order chi connectivity index (χ1) is 14.6. The van der Waals surface area contributed by atoms with Crippen LogP contribution in [0.2, 0.25) is 0 Å². The topological polar surface area (TPSA) is 80.2 Å². The van der Waals surface area contributed by atoms with Gasteiger partial charge in [-0.05, 0) is 42.9 Å². The van der Waals surface area contributed by atoms with Crippen LogP contribution >= 0.6 is 0 Å². The molecular formula is C25H26N2O3. The van der Waals surface area contributed by atoms with Crippen molar-refractivity contribution in [2.24, 2.45) is 0 Å². The molecular weight excluding hydrogens is 376 g/mol. The molecule has 0 aliphatic heterocycles. The summed E-state index contributed by atoms with van der Waals surface area (Å²) in [5.41, 5.74) is 4.06. The minimum atomic E-state index is -0.266. The molecule has 5 heteroatoms. The number of hydrogen-bond donors (Lipinski definition) is 1. The smallest absolute Gasteiger partial charge is 0.185 e.